The van der Waals surface area contributed by atoms with Crippen molar-refractivity contribution in [3.05, 3.63) is 65.2 Å². The molecule has 2 saturated heterocycles. The Morgan fingerprint density at radius 2 is 1.92 bits per heavy atom. The predicted octanol–water partition coefficient (Wildman–Crippen LogP) is 3.87. The lowest BCUT2D eigenvalue weighted by atomic mass is 9.71. The van der Waals surface area contributed by atoms with E-state index in [4.69, 9.17) is 5.73 Å². The van der Waals surface area contributed by atoms with Gasteiger partial charge in [0.2, 0.25) is 0 Å². The maximum absolute atomic E-state index is 12.5. The van der Waals surface area contributed by atoms with Crippen molar-refractivity contribution in [3.63, 3.8) is 0 Å². The second kappa shape index (κ2) is 6.06. The highest BCUT2D eigenvalue weighted by atomic mass is 16.1. The molecular formula is C21H24N2O. The van der Waals surface area contributed by atoms with Gasteiger partial charge in [-0.05, 0) is 43.0 Å². The number of ketones is 1. The molecule has 3 aliphatic rings. The number of hydrogen-bond acceptors (Lipinski definition) is 3. The third-order valence-corrected chi connectivity index (χ3v) is 5.61. The number of nitrogen functional groups attached to an aromatic ring is 1. The predicted molar refractivity (Wildman–Crippen MR) is 96.5 cm³/mol. The van der Waals surface area contributed by atoms with E-state index in [2.05, 4.69) is 42.2 Å². The fourth-order valence-electron chi connectivity index (χ4n) is 4.39. The molecule has 3 fully saturated rings. The summed E-state index contributed by atoms with van der Waals surface area (Å²) in [7, 11) is 0. The molecule has 2 aromatic rings. The number of piperidine rings is 2. The minimum absolute atomic E-state index is 0.113. The zero-order chi connectivity index (χ0) is 16.7. The molecule has 3 atom stereocenters. The Balaban J connectivity index is 1.69. The summed E-state index contributed by atoms with van der Waals surface area (Å²) in [6, 6.07) is 17.3. The smallest absolute Gasteiger partial charge is 0.139 e. The SMILES string of the molecule is Cc1ccc(CN2C3CCC(C(=O)C3)C2c2cccc(N)c2)cc1. The molecule has 1 aliphatic carbocycles. The van der Waals surface area contributed by atoms with Crippen molar-refractivity contribution in [1.29, 1.82) is 0 Å². The molecule has 124 valence electrons. The summed E-state index contributed by atoms with van der Waals surface area (Å²) in [6.07, 6.45) is 2.84. The molecule has 24 heavy (non-hydrogen) atoms. The van der Waals surface area contributed by atoms with E-state index in [-0.39, 0.29) is 12.0 Å². The van der Waals surface area contributed by atoms with Crippen LogP contribution in [0.2, 0.25) is 0 Å². The average Bonchev–Trinajstić information content (AvgIpc) is 2.58. The quantitative estimate of drug-likeness (QED) is 0.873. The number of anilines is 1. The summed E-state index contributed by atoms with van der Waals surface area (Å²) in [6.45, 7) is 3.01. The molecule has 3 heteroatoms. The number of fused-ring (bicyclic) bond motifs is 3. The molecule has 2 aliphatic heterocycles. The number of nitrogens with zero attached hydrogens (tertiary/aromatic N) is 1. The van der Waals surface area contributed by atoms with Crippen molar-refractivity contribution in [2.24, 2.45) is 5.92 Å². The molecule has 0 aromatic heterocycles. The van der Waals surface area contributed by atoms with Gasteiger partial charge in [0.25, 0.3) is 0 Å². The maximum atomic E-state index is 12.5. The van der Waals surface area contributed by atoms with Gasteiger partial charge in [0, 0.05) is 36.7 Å². The Morgan fingerprint density at radius 1 is 1.12 bits per heavy atom. The highest BCUT2D eigenvalue weighted by Crippen LogP contribution is 2.46. The molecule has 3 unspecified atom stereocenters. The van der Waals surface area contributed by atoms with Gasteiger partial charge in [-0.2, -0.15) is 0 Å². The van der Waals surface area contributed by atoms with Crippen LogP contribution in [-0.2, 0) is 11.3 Å². The van der Waals surface area contributed by atoms with Crippen LogP contribution in [0.4, 0.5) is 5.69 Å². The number of benzene rings is 2. The number of Topliss-reactive ketones (excluding diaryl/α,β-unsaturated/α-hetero) is 1. The van der Waals surface area contributed by atoms with E-state index in [9.17, 15) is 4.79 Å². The van der Waals surface area contributed by atoms with E-state index in [0.29, 0.717) is 18.2 Å². The first kappa shape index (κ1) is 15.4. The summed E-state index contributed by atoms with van der Waals surface area (Å²) in [5, 5.41) is 0. The maximum Gasteiger partial charge on any atom is 0.139 e. The molecule has 0 spiro atoms. The van der Waals surface area contributed by atoms with Crippen molar-refractivity contribution in [3.8, 4) is 0 Å². The third-order valence-electron chi connectivity index (χ3n) is 5.61. The normalized spacial score (nSPS) is 26.7. The summed E-state index contributed by atoms with van der Waals surface area (Å²) >= 11 is 0. The van der Waals surface area contributed by atoms with Gasteiger partial charge in [-0.25, -0.2) is 0 Å². The summed E-state index contributed by atoms with van der Waals surface area (Å²) in [5.41, 5.74) is 10.6. The van der Waals surface area contributed by atoms with Gasteiger partial charge in [-0.1, -0.05) is 42.0 Å². The van der Waals surface area contributed by atoms with Crippen LogP contribution in [0.5, 0.6) is 0 Å². The van der Waals surface area contributed by atoms with E-state index in [0.717, 1.165) is 25.1 Å². The molecule has 0 radical (unpaired) electrons. The fraction of sp³-hybridized carbons (Fsp3) is 0.381. The molecule has 2 bridgehead atoms. The number of nitrogens with two attached hydrogens (primary N) is 1. The van der Waals surface area contributed by atoms with Gasteiger partial charge in [0.15, 0.2) is 0 Å². The van der Waals surface area contributed by atoms with Crippen LogP contribution in [-0.4, -0.2) is 16.7 Å². The number of aryl methyl sites for hydroxylation is 1. The zero-order valence-corrected chi connectivity index (χ0v) is 14.1. The van der Waals surface area contributed by atoms with Crippen LogP contribution in [0.25, 0.3) is 0 Å². The standard InChI is InChI=1S/C21H24N2O/c1-14-5-7-15(8-6-14)13-23-18-9-10-19(20(24)12-18)21(23)16-3-2-4-17(22)11-16/h2-8,11,18-19,21H,9-10,12-13,22H2,1H3. The van der Waals surface area contributed by atoms with E-state index < -0.39 is 0 Å². The monoisotopic (exact) mass is 320 g/mol. The molecule has 5 rings (SSSR count). The lowest BCUT2D eigenvalue weighted by Crippen LogP contribution is -2.53. The van der Waals surface area contributed by atoms with E-state index in [1.165, 1.54) is 16.7 Å². The minimum Gasteiger partial charge on any atom is -0.399 e. The number of carbonyl (C=O) groups is 1. The molecular weight excluding hydrogens is 296 g/mol. The van der Waals surface area contributed by atoms with Crippen LogP contribution >= 0.6 is 0 Å². The van der Waals surface area contributed by atoms with Crippen LogP contribution in [0, 0.1) is 12.8 Å². The van der Waals surface area contributed by atoms with Crippen molar-refractivity contribution in [2.45, 2.75) is 44.8 Å². The molecule has 0 amide bonds. The lowest BCUT2D eigenvalue weighted by Gasteiger charge is -2.51. The fourth-order valence-corrected chi connectivity index (χ4v) is 4.39. The Labute approximate surface area is 143 Å². The van der Waals surface area contributed by atoms with E-state index in [1.54, 1.807) is 0 Å². The molecule has 2 aromatic carbocycles. The third kappa shape index (κ3) is 2.73. The van der Waals surface area contributed by atoms with Crippen molar-refractivity contribution in [2.75, 3.05) is 5.73 Å². The zero-order valence-electron chi connectivity index (χ0n) is 14.1. The second-order valence-electron chi connectivity index (χ2n) is 7.28. The van der Waals surface area contributed by atoms with Gasteiger partial charge in [-0.15, -0.1) is 0 Å². The minimum atomic E-state index is 0.113. The first-order valence-corrected chi connectivity index (χ1v) is 8.81. The van der Waals surface area contributed by atoms with E-state index >= 15 is 0 Å². The van der Waals surface area contributed by atoms with Gasteiger partial charge < -0.3 is 5.73 Å². The Hall–Kier alpha value is -2.13. The average molecular weight is 320 g/mol. The Morgan fingerprint density at radius 3 is 2.62 bits per heavy atom. The van der Waals surface area contributed by atoms with Gasteiger partial charge in [-0.3, -0.25) is 9.69 Å². The summed E-state index contributed by atoms with van der Waals surface area (Å²) in [5.74, 6) is 0.543. The Kier molecular flexibility index (Phi) is 3.89. The number of rotatable bonds is 3. The van der Waals surface area contributed by atoms with Crippen molar-refractivity contribution < 1.29 is 4.79 Å². The van der Waals surface area contributed by atoms with Gasteiger partial charge in [0.1, 0.15) is 5.78 Å². The highest BCUT2D eigenvalue weighted by Gasteiger charge is 2.46. The topological polar surface area (TPSA) is 46.3 Å². The number of hydrogen-bond donors (Lipinski definition) is 1. The van der Waals surface area contributed by atoms with Crippen molar-refractivity contribution in [1.82, 2.24) is 4.90 Å². The highest BCUT2D eigenvalue weighted by molar-refractivity contribution is 5.84. The first-order chi connectivity index (χ1) is 11.6. The summed E-state index contributed by atoms with van der Waals surface area (Å²) < 4.78 is 0. The first-order valence-electron chi connectivity index (χ1n) is 8.81. The van der Waals surface area contributed by atoms with Crippen molar-refractivity contribution >= 4 is 11.5 Å². The largest absolute Gasteiger partial charge is 0.399 e. The lowest BCUT2D eigenvalue weighted by molar-refractivity contribution is -0.138. The van der Waals surface area contributed by atoms with Crippen LogP contribution in [0.1, 0.15) is 42.0 Å². The molecule has 3 nitrogen and oxygen atoms in total. The summed E-state index contributed by atoms with van der Waals surface area (Å²) in [4.78, 5) is 15.0. The van der Waals surface area contributed by atoms with E-state index in [1.807, 2.05) is 18.2 Å². The second-order valence-corrected chi connectivity index (χ2v) is 7.28. The number of carbonyl (C=O) groups excluding carboxylic acids is 1. The molecule has 2 N–H and O–H groups in total. The van der Waals surface area contributed by atoms with Crippen LogP contribution < -0.4 is 5.73 Å². The Bertz CT molecular complexity index is 753. The molecule has 2 heterocycles. The van der Waals surface area contributed by atoms with Crippen LogP contribution in [0.3, 0.4) is 0 Å². The van der Waals surface area contributed by atoms with Gasteiger partial charge >= 0.3 is 0 Å². The van der Waals surface area contributed by atoms with Crippen LogP contribution in [0.15, 0.2) is 48.5 Å². The molecule has 1 saturated carbocycles. The van der Waals surface area contributed by atoms with Gasteiger partial charge in [0.05, 0.1) is 0 Å².